The number of aromatic hydroxyl groups is 1. The molecule has 0 unspecified atom stereocenters. The molecule has 0 aliphatic heterocycles. The van der Waals surface area contributed by atoms with Crippen molar-refractivity contribution >= 4 is 55.7 Å². The van der Waals surface area contributed by atoms with Crippen molar-refractivity contribution in [1.29, 1.82) is 0 Å². The van der Waals surface area contributed by atoms with Gasteiger partial charge in [-0.3, -0.25) is 9.36 Å². The predicted octanol–water partition coefficient (Wildman–Crippen LogP) is 4.90. The molecule has 1 atom stereocenters. The van der Waals surface area contributed by atoms with Gasteiger partial charge in [0.1, 0.15) is 18.1 Å². The molecule has 3 aromatic rings. The van der Waals surface area contributed by atoms with E-state index < -0.39 is 5.25 Å². The maximum absolute atomic E-state index is 12.5. The van der Waals surface area contributed by atoms with Gasteiger partial charge in [0.2, 0.25) is 0 Å². The summed E-state index contributed by atoms with van der Waals surface area (Å²) >= 11 is 7.79. The van der Waals surface area contributed by atoms with Crippen LogP contribution in [0, 0.1) is 0 Å². The van der Waals surface area contributed by atoms with E-state index in [-0.39, 0.29) is 18.3 Å². The standard InChI is InChI=1S/C22H21Br2N5O3S/c1-3-9-29-19(13-32-16-7-5-4-6-8-16)26-28-22(29)33-14(2)21(31)27-25-12-15-10-17(23)20(30)18(24)11-15/h3-8,10-12,14,30H,1,9,13H2,2H3,(H,27,31)/b25-12-/t14-/m1/s1. The second-order valence-corrected chi connectivity index (χ2v) is 9.74. The third kappa shape index (κ3) is 6.92. The summed E-state index contributed by atoms with van der Waals surface area (Å²) in [6.07, 6.45) is 3.23. The van der Waals surface area contributed by atoms with Crippen molar-refractivity contribution in [3.63, 3.8) is 0 Å². The highest BCUT2D eigenvalue weighted by molar-refractivity contribution is 9.11. The first-order valence-corrected chi connectivity index (χ1v) is 12.2. The molecule has 2 aromatic carbocycles. The van der Waals surface area contributed by atoms with Gasteiger partial charge in [0.05, 0.1) is 20.4 Å². The molecule has 0 aliphatic rings. The molecular formula is C22H21Br2N5O3S. The van der Waals surface area contributed by atoms with Gasteiger partial charge in [-0.25, -0.2) is 5.43 Å². The van der Waals surface area contributed by atoms with Crippen LogP contribution in [-0.4, -0.2) is 37.2 Å². The molecule has 1 heterocycles. The summed E-state index contributed by atoms with van der Waals surface area (Å²) in [5.41, 5.74) is 3.22. The summed E-state index contributed by atoms with van der Waals surface area (Å²) in [5.74, 6) is 1.18. The van der Waals surface area contributed by atoms with E-state index in [1.54, 1.807) is 25.1 Å². The SMILES string of the molecule is C=CCn1c(COc2ccccc2)nnc1S[C@H](C)C(=O)N/N=C\c1cc(Br)c(O)c(Br)c1. The molecule has 0 fully saturated rings. The quantitative estimate of drug-likeness (QED) is 0.150. The maximum atomic E-state index is 12.5. The van der Waals surface area contributed by atoms with Gasteiger partial charge in [0.15, 0.2) is 11.0 Å². The highest BCUT2D eigenvalue weighted by Gasteiger charge is 2.20. The molecule has 0 radical (unpaired) electrons. The number of nitrogens with one attached hydrogen (secondary N) is 1. The first-order valence-electron chi connectivity index (χ1n) is 9.77. The zero-order valence-corrected chi connectivity index (χ0v) is 21.6. The Kier molecular flexibility index (Phi) is 9.10. The van der Waals surface area contributed by atoms with Gasteiger partial charge >= 0.3 is 0 Å². The van der Waals surface area contributed by atoms with E-state index in [2.05, 4.69) is 59.2 Å². The van der Waals surface area contributed by atoms with Crippen LogP contribution in [-0.2, 0) is 17.9 Å². The Labute approximate surface area is 212 Å². The summed E-state index contributed by atoms with van der Waals surface area (Å²) in [6, 6.07) is 12.8. The van der Waals surface area contributed by atoms with Gasteiger partial charge in [-0.2, -0.15) is 5.10 Å². The number of nitrogens with zero attached hydrogens (tertiary/aromatic N) is 4. The van der Waals surface area contributed by atoms with E-state index in [1.807, 2.05) is 34.9 Å². The number of allylic oxidation sites excluding steroid dienone is 1. The Balaban J connectivity index is 1.61. The van der Waals surface area contributed by atoms with Gasteiger partial charge in [0.25, 0.3) is 5.91 Å². The van der Waals surface area contributed by atoms with Crippen molar-refractivity contribution in [2.75, 3.05) is 0 Å². The molecule has 3 rings (SSSR count). The Hall–Kier alpha value is -2.63. The molecule has 8 nitrogen and oxygen atoms in total. The summed E-state index contributed by atoms with van der Waals surface area (Å²) in [7, 11) is 0. The summed E-state index contributed by atoms with van der Waals surface area (Å²) in [5, 5.41) is 22.3. The molecule has 172 valence electrons. The Morgan fingerprint density at radius 3 is 2.67 bits per heavy atom. The van der Waals surface area contributed by atoms with E-state index in [0.717, 1.165) is 5.75 Å². The van der Waals surface area contributed by atoms with Crippen LogP contribution >= 0.6 is 43.6 Å². The number of amides is 1. The van der Waals surface area contributed by atoms with E-state index >= 15 is 0 Å². The summed E-state index contributed by atoms with van der Waals surface area (Å²) in [4.78, 5) is 12.5. The Morgan fingerprint density at radius 2 is 2.00 bits per heavy atom. The van der Waals surface area contributed by atoms with Crippen LogP contribution < -0.4 is 10.2 Å². The molecule has 0 saturated carbocycles. The largest absolute Gasteiger partial charge is 0.506 e. The van der Waals surface area contributed by atoms with Gasteiger partial charge in [-0.15, -0.1) is 16.8 Å². The number of aromatic nitrogens is 3. The minimum Gasteiger partial charge on any atom is -0.506 e. The zero-order valence-electron chi connectivity index (χ0n) is 17.6. The second-order valence-electron chi connectivity index (χ2n) is 6.73. The fraction of sp³-hybridized carbons (Fsp3) is 0.182. The first kappa shape index (κ1) is 25.0. The Bertz CT molecular complexity index is 1130. The average Bonchev–Trinajstić information content (AvgIpc) is 3.18. The third-order valence-electron chi connectivity index (χ3n) is 4.30. The minimum absolute atomic E-state index is 0.0957. The number of ether oxygens (including phenoxy) is 1. The lowest BCUT2D eigenvalue weighted by Gasteiger charge is -2.11. The zero-order chi connectivity index (χ0) is 23.8. The highest BCUT2D eigenvalue weighted by atomic mass is 79.9. The number of thioether (sulfide) groups is 1. The normalized spacial score (nSPS) is 12.0. The number of phenolic OH excluding ortho intramolecular Hbond substituents is 1. The molecule has 11 heteroatoms. The number of rotatable bonds is 10. The highest BCUT2D eigenvalue weighted by Crippen LogP contribution is 2.32. The number of para-hydroxylation sites is 1. The van der Waals surface area contributed by atoms with Crippen LogP contribution in [0.2, 0.25) is 0 Å². The second kappa shape index (κ2) is 12.0. The number of phenols is 1. The van der Waals surface area contributed by atoms with E-state index in [0.29, 0.717) is 32.0 Å². The lowest BCUT2D eigenvalue weighted by molar-refractivity contribution is -0.120. The van der Waals surface area contributed by atoms with Gasteiger partial charge in [-0.1, -0.05) is 36.0 Å². The van der Waals surface area contributed by atoms with Crippen LogP contribution in [0.4, 0.5) is 0 Å². The number of carbonyl (C=O) groups excluding carboxylic acids is 1. The Morgan fingerprint density at radius 1 is 1.30 bits per heavy atom. The van der Waals surface area contributed by atoms with Crippen molar-refractivity contribution < 1.29 is 14.6 Å². The smallest absolute Gasteiger partial charge is 0.253 e. The molecule has 1 amide bonds. The fourth-order valence-corrected chi connectivity index (χ4v) is 4.72. The number of halogens is 2. The summed E-state index contributed by atoms with van der Waals surface area (Å²) in [6.45, 7) is 6.28. The monoisotopic (exact) mass is 593 g/mol. The van der Waals surface area contributed by atoms with Crippen LogP contribution in [0.3, 0.4) is 0 Å². The van der Waals surface area contributed by atoms with Crippen molar-refractivity contribution in [3.8, 4) is 11.5 Å². The fourth-order valence-electron chi connectivity index (χ4n) is 2.62. The van der Waals surface area contributed by atoms with Crippen molar-refractivity contribution in [2.45, 2.75) is 30.5 Å². The molecule has 0 spiro atoms. The van der Waals surface area contributed by atoms with Crippen LogP contribution in [0.5, 0.6) is 11.5 Å². The molecule has 0 bridgehead atoms. The lowest BCUT2D eigenvalue weighted by atomic mass is 10.2. The van der Waals surface area contributed by atoms with Crippen LogP contribution in [0.25, 0.3) is 0 Å². The van der Waals surface area contributed by atoms with Gasteiger partial charge in [-0.05, 0) is 68.6 Å². The molecule has 0 aliphatic carbocycles. The third-order valence-corrected chi connectivity index (χ3v) is 6.58. The average molecular weight is 595 g/mol. The minimum atomic E-state index is -0.476. The number of carbonyl (C=O) groups is 1. The number of benzene rings is 2. The molecule has 33 heavy (non-hydrogen) atoms. The topological polar surface area (TPSA) is 102 Å². The summed E-state index contributed by atoms with van der Waals surface area (Å²) < 4.78 is 8.67. The maximum Gasteiger partial charge on any atom is 0.253 e. The van der Waals surface area contributed by atoms with E-state index in [1.165, 1.54) is 18.0 Å². The first-order chi connectivity index (χ1) is 15.9. The van der Waals surface area contributed by atoms with Gasteiger partial charge < -0.3 is 9.84 Å². The molecular weight excluding hydrogens is 574 g/mol. The van der Waals surface area contributed by atoms with E-state index in [4.69, 9.17) is 4.74 Å². The van der Waals surface area contributed by atoms with Crippen molar-refractivity contribution in [1.82, 2.24) is 20.2 Å². The van der Waals surface area contributed by atoms with Crippen LogP contribution in [0.1, 0.15) is 18.3 Å². The van der Waals surface area contributed by atoms with Crippen molar-refractivity contribution in [2.24, 2.45) is 5.10 Å². The molecule has 0 saturated heterocycles. The van der Waals surface area contributed by atoms with Crippen LogP contribution in [0.15, 0.2) is 74.3 Å². The van der Waals surface area contributed by atoms with Crippen molar-refractivity contribution in [3.05, 3.63) is 75.5 Å². The van der Waals surface area contributed by atoms with E-state index in [9.17, 15) is 9.90 Å². The number of hydrogen-bond acceptors (Lipinski definition) is 7. The lowest BCUT2D eigenvalue weighted by Crippen LogP contribution is -2.27. The molecule has 1 aromatic heterocycles. The number of hydrazone groups is 1. The predicted molar refractivity (Wildman–Crippen MR) is 136 cm³/mol. The number of hydrogen-bond donors (Lipinski definition) is 2. The molecule has 2 N–H and O–H groups in total. The van der Waals surface area contributed by atoms with Gasteiger partial charge in [0, 0.05) is 6.54 Å².